The van der Waals surface area contributed by atoms with Crippen molar-refractivity contribution in [1.82, 2.24) is 4.31 Å². The Bertz CT molecular complexity index is 581. The normalized spacial score (nSPS) is 16.8. The van der Waals surface area contributed by atoms with Crippen LogP contribution in [0.5, 0.6) is 11.5 Å². The van der Waals surface area contributed by atoms with Gasteiger partial charge >= 0.3 is 0 Å². The highest BCUT2D eigenvalue weighted by atomic mass is 32.2. The van der Waals surface area contributed by atoms with Crippen LogP contribution in [0.3, 0.4) is 0 Å². The van der Waals surface area contributed by atoms with E-state index in [-0.39, 0.29) is 5.75 Å². The number of rotatable bonds is 5. The first-order valence-electron chi connectivity index (χ1n) is 6.96. The first-order chi connectivity index (χ1) is 10.0. The van der Waals surface area contributed by atoms with Crippen molar-refractivity contribution in [1.29, 1.82) is 0 Å². The van der Waals surface area contributed by atoms with E-state index in [2.05, 4.69) is 4.90 Å². The number of anilines is 1. The van der Waals surface area contributed by atoms with Gasteiger partial charge in [-0.15, -0.1) is 0 Å². The lowest BCUT2D eigenvalue weighted by Gasteiger charge is -2.35. The van der Waals surface area contributed by atoms with Crippen molar-refractivity contribution >= 4 is 15.7 Å². The van der Waals surface area contributed by atoms with Crippen LogP contribution in [-0.4, -0.2) is 58.9 Å². The fraction of sp³-hybridized carbons (Fsp3) is 0.571. The summed E-state index contributed by atoms with van der Waals surface area (Å²) in [6.45, 7) is 3.95. The Balaban J connectivity index is 2.15. The van der Waals surface area contributed by atoms with E-state index in [0.29, 0.717) is 26.2 Å². The molecule has 1 aliphatic heterocycles. The van der Waals surface area contributed by atoms with E-state index in [0.717, 1.165) is 17.2 Å². The molecule has 21 heavy (non-hydrogen) atoms. The Morgan fingerprint density at radius 2 is 1.76 bits per heavy atom. The van der Waals surface area contributed by atoms with Crippen LogP contribution in [0.15, 0.2) is 18.2 Å². The van der Waals surface area contributed by atoms with Gasteiger partial charge in [-0.25, -0.2) is 8.42 Å². The second kappa shape index (κ2) is 6.53. The van der Waals surface area contributed by atoms with E-state index in [1.54, 1.807) is 25.4 Å². The highest BCUT2D eigenvalue weighted by Crippen LogP contribution is 2.33. The largest absolute Gasteiger partial charge is 0.497 e. The zero-order valence-electron chi connectivity index (χ0n) is 12.7. The molecule has 1 aromatic carbocycles. The van der Waals surface area contributed by atoms with Crippen LogP contribution in [0.2, 0.25) is 0 Å². The van der Waals surface area contributed by atoms with Gasteiger partial charge in [0.2, 0.25) is 10.0 Å². The van der Waals surface area contributed by atoms with E-state index < -0.39 is 10.0 Å². The summed E-state index contributed by atoms with van der Waals surface area (Å²) in [4.78, 5) is 2.13. The summed E-state index contributed by atoms with van der Waals surface area (Å²) in [6.07, 6.45) is 0. The number of piperazine rings is 1. The molecular weight excluding hydrogens is 292 g/mol. The number of nitrogens with zero attached hydrogens (tertiary/aromatic N) is 2. The second-order valence-corrected chi connectivity index (χ2v) is 7.08. The number of hydrogen-bond donors (Lipinski definition) is 0. The predicted octanol–water partition coefficient (Wildman–Crippen LogP) is 1.18. The first-order valence-corrected chi connectivity index (χ1v) is 8.57. The fourth-order valence-corrected chi connectivity index (χ4v) is 3.52. The Morgan fingerprint density at radius 1 is 1.10 bits per heavy atom. The molecular formula is C14H22N2O4S. The van der Waals surface area contributed by atoms with Gasteiger partial charge in [-0.3, -0.25) is 0 Å². The van der Waals surface area contributed by atoms with Gasteiger partial charge in [-0.2, -0.15) is 4.31 Å². The molecule has 0 amide bonds. The van der Waals surface area contributed by atoms with E-state index in [4.69, 9.17) is 9.47 Å². The van der Waals surface area contributed by atoms with Crippen LogP contribution >= 0.6 is 0 Å². The SMILES string of the molecule is CCS(=O)(=O)N1CCN(c2cc(OC)ccc2OC)CC1. The lowest BCUT2D eigenvalue weighted by molar-refractivity contribution is 0.376. The average molecular weight is 314 g/mol. The van der Waals surface area contributed by atoms with Crippen molar-refractivity contribution in [2.75, 3.05) is 51.1 Å². The lowest BCUT2D eigenvalue weighted by atomic mass is 10.2. The fourth-order valence-electron chi connectivity index (χ4n) is 2.43. The molecule has 1 fully saturated rings. The first kappa shape index (κ1) is 15.9. The Hall–Kier alpha value is -1.47. The Labute approximate surface area is 126 Å². The number of hydrogen-bond acceptors (Lipinski definition) is 5. The van der Waals surface area contributed by atoms with Crippen LogP contribution in [0.25, 0.3) is 0 Å². The molecule has 0 spiro atoms. The maximum Gasteiger partial charge on any atom is 0.213 e. The summed E-state index contributed by atoms with van der Waals surface area (Å²) in [7, 11) is 0.146. The van der Waals surface area contributed by atoms with Gasteiger partial charge in [-0.1, -0.05) is 0 Å². The molecule has 0 saturated carbocycles. The molecule has 1 heterocycles. The maximum absolute atomic E-state index is 11.9. The summed E-state index contributed by atoms with van der Waals surface area (Å²) < 4.78 is 36.0. The number of sulfonamides is 1. The van der Waals surface area contributed by atoms with Crippen LogP contribution in [0, 0.1) is 0 Å². The average Bonchev–Trinajstić information content (AvgIpc) is 2.54. The molecule has 6 nitrogen and oxygen atoms in total. The molecule has 0 N–H and O–H groups in total. The standard InChI is InChI=1S/C14H22N2O4S/c1-4-21(17,18)16-9-7-15(8-10-16)13-11-12(19-2)5-6-14(13)20-3/h5-6,11H,4,7-10H2,1-3H3. The molecule has 0 radical (unpaired) electrons. The molecule has 1 aliphatic rings. The van der Waals surface area contributed by atoms with Crippen molar-refractivity contribution in [3.63, 3.8) is 0 Å². The highest BCUT2D eigenvalue weighted by molar-refractivity contribution is 7.89. The molecule has 0 bridgehead atoms. The highest BCUT2D eigenvalue weighted by Gasteiger charge is 2.26. The topological polar surface area (TPSA) is 59.1 Å². The van der Waals surface area contributed by atoms with Gasteiger partial charge in [0.15, 0.2) is 0 Å². The quantitative estimate of drug-likeness (QED) is 0.817. The van der Waals surface area contributed by atoms with Gasteiger partial charge in [0.1, 0.15) is 11.5 Å². The molecule has 0 atom stereocenters. The minimum Gasteiger partial charge on any atom is -0.497 e. The third-order valence-electron chi connectivity index (χ3n) is 3.72. The van der Waals surface area contributed by atoms with Crippen molar-refractivity contribution < 1.29 is 17.9 Å². The van der Waals surface area contributed by atoms with Crippen molar-refractivity contribution in [2.45, 2.75) is 6.92 Å². The second-order valence-electron chi connectivity index (χ2n) is 4.82. The molecule has 1 aromatic rings. The van der Waals surface area contributed by atoms with Crippen molar-refractivity contribution in [3.8, 4) is 11.5 Å². The van der Waals surface area contributed by atoms with Crippen LogP contribution in [0.1, 0.15) is 6.92 Å². The number of ether oxygens (including phenoxy) is 2. The van der Waals surface area contributed by atoms with Crippen molar-refractivity contribution in [2.24, 2.45) is 0 Å². The third kappa shape index (κ3) is 3.41. The molecule has 0 aromatic heterocycles. The van der Waals surface area contributed by atoms with E-state index in [9.17, 15) is 8.42 Å². The van der Waals surface area contributed by atoms with E-state index >= 15 is 0 Å². The smallest absolute Gasteiger partial charge is 0.213 e. The van der Waals surface area contributed by atoms with E-state index in [1.807, 2.05) is 18.2 Å². The van der Waals surface area contributed by atoms with Gasteiger partial charge in [0, 0.05) is 32.2 Å². The van der Waals surface area contributed by atoms with Crippen LogP contribution in [0.4, 0.5) is 5.69 Å². The summed E-state index contributed by atoms with van der Waals surface area (Å²) in [5, 5.41) is 0. The summed E-state index contributed by atoms with van der Waals surface area (Å²) in [5.41, 5.74) is 0.936. The summed E-state index contributed by atoms with van der Waals surface area (Å²) in [6, 6.07) is 5.63. The predicted molar refractivity (Wildman–Crippen MR) is 82.8 cm³/mol. The van der Waals surface area contributed by atoms with Gasteiger partial charge in [0.05, 0.1) is 25.7 Å². The summed E-state index contributed by atoms with van der Waals surface area (Å²) in [5.74, 6) is 1.67. The summed E-state index contributed by atoms with van der Waals surface area (Å²) >= 11 is 0. The monoisotopic (exact) mass is 314 g/mol. The maximum atomic E-state index is 11.9. The van der Waals surface area contributed by atoms with Gasteiger partial charge in [0.25, 0.3) is 0 Å². The minimum absolute atomic E-state index is 0.148. The van der Waals surface area contributed by atoms with Gasteiger partial charge < -0.3 is 14.4 Å². The van der Waals surface area contributed by atoms with Crippen LogP contribution in [-0.2, 0) is 10.0 Å². The van der Waals surface area contributed by atoms with E-state index in [1.165, 1.54) is 0 Å². The zero-order valence-corrected chi connectivity index (χ0v) is 13.5. The third-order valence-corrected chi connectivity index (χ3v) is 5.61. The molecule has 118 valence electrons. The Kier molecular flexibility index (Phi) is 4.95. The lowest BCUT2D eigenvalue weighted by Crippen LogP contribution is -2.49. The number of methoxy groups -OCH3 is 2. The number of benzene rings is 1. The van der Waals surface area contributed by atoms with Crippen molar-refractivity contribution in [3.05, 3.63) is 18.2 Å². The van der Waals surface area contributed by atoms with Gasteiger partial charge in [-0.05, 0) is 19.1 Å². The molecule has 7 heteroatoms. The molecule has 0 aliphatic carbocycles. The minimum atomic E-state index is -3.10. The molecule has 0 unspecified atom stereocenters. The van der Waals surface area contributed by atoms with Crippen LogP contribution < -0.4 is 14.4 Å². The zero-order chi connectivity index (χ0) is 15.5. The Morgan fingerprint density at radius 3 is 2.29 bits per heavy atom. The molecule has 1 saturated heterocycles. The molecule has 2 rings (SSSR count).